The third-order valence-electron chi connectivity index (χ3n) is 3.23. The molecule has 0 aliphatic carbocycles. The van der Waals surface area contributed by atoms with Crippen molar-refractivity contribution in [2.24, 2.45) is 10.2 Å². The third-order valence-corrected chi connectivity index (χ3v) is 3.23. The van der Waals surface area contributed by atoms with Crippen molar-refractivity contribution in [1.82, 2.24) is 0 Å². The Morgan fingerprint density at radius 3 is 1.10 bits per heavy atom. The Balaban J connectivity index is 2.35. The number of aryl methyl sites for hydroxylation is 4. The molecule has 104 valence electrons. The van der Waals surface area contributed by atoms with Gasteiger partial charge in [-0.05, 0) is 74.2 Å². The van der Waals surface area contributed by atoms with Crippen LogP contribution in [0.15, 0.2) is 34.5 Å². The molecule has 2 rings (SSSR count). The molecule has 0 heterocycles. The summed E-state index contributed by atoms with van der Waals surface area (Å²) in [4.78, 5) is 0. The van der Waals surface area contributed by atoms with Crippen molar-refractivity contribution in [1.29, 1.82) is 0 Å². The zero-order valence-electron chi connectivity index (χ0n) is 12.1. The number of aromatic hydroxyl groups is 2. The summed E-state index contributed by atoms with van der Waals surface area (Å²) < 4.78 is 0. The maximum absolute atomic E-state index is 9.72. The van der Waals surface area contributed by atoms with Crippen LogP contribution in [0.25, 0.3) is 0 Å². The molecule has 0 spiro atoms. The van der Waals surface area contributed by atoms with Crippen LogP contribution < -0.4 is 0 Å². The van der Waals surface area contributed by atoms with Gasteiger partial charge in [0, 0.05) is 0 Å². The summed E-state index contributed by atoms with van der Waals surface area (Å²) >= 11 is 0. The maximum atomic E-state index is 9.72. The normalized spacial score (nSPS) is 11.2. The lowest BCUT2D eigenvalue weighted by Gasteiger charge is -2.05. The fourth-order valence-corrected chi connectivity index (χ4v) is 2.10. The van der Waals surface area contributed by atoms with E-state index in [2.05, 4.69) is 10.2 Å². The zero-order valence-corrected chi connectivity index (χ0v) is 12.1. The van der Waals surface area contributed by atoms with E-state index >= 15 is 0 Å². The van der Waals surface area contributed by atoms with Gasteiger partial charge in [-0.2, -0.15) is 10.2 Å². The van der Waals surface area contributed by atoms with Crippen molar-refractivity contribution in [2.75, 3.05) is 0 Å². The Hall–Kier alpha value is -2.36. The van der Waals surface area contributed by atoms with Gasteiger partial charge in [-0.25, -0.2) is 0 Å². The topological polar surface area (TPSA) is 65.2 Å². The number of rotatable bonds is 2. The summed E-state index contributed by atoms with van der Waals surface area (Å²) in [5.74, 6) is 0.584. The van der Waals surface area contributed by atoms with Crippen LogP contribution in [-0.4, -0.2) is 10.2 Å². The van der Waals surface area contributed by atoms with E-state index in [9.17, 15) is 10.2 Å². The largest absolute Gasteiger partial charge is 0.507 e. The zero-order chi connectivity index (χ0) is 14.9. The predicted octanol–water partition coefficient (Wildman–Crippen LogP) is 4.75. The number of hydrogen-bond acceptors (Lipinski definition) is 4. The minimum Gasteiger partial charge on any atom is -0.507 e. The minimum absolute atomic E-state index is 0.292. The van der Waals surface area contributed by atoms with Crippen molar-refractivity contribution < 1.29 is 10.2 Å². The molecule has 20 heavy (non-hydrogen) atoms. The Morgan fingerprint density at radius 1 is 0.600 bits per heavy atom. The first-order valence-corrected chi connectivity index (χ1v) is 6.40. The molecule has 0 aliphatic heterocycles. The summed E-state index contributed by atoms with van der Waals surface area (Å²) in [6, 6.07) is 7.13. The van der Waals surface area contributed by atoms with Gasteiger partial charge in [0.15, 0.2) is 0 Å². The minimum atomic E-state index is 0.292. The number of phenolic OH excluding ortho intramolecular Hbond substituents is 2. The van der Waals surface area contributed by atoms with Crippen molar-refractivity contribution in [3.05, 3.63) is 46.5 Å². The van der Waals surface area contributed by atoms with Gasteiger partial charge in [0.1, 0.15) is 11.5 Å². The molecule has 0 saturated heterocycles. The fourth-order valence-electron chi connectivity index (χ4n) is 2.10. The van der Waals surface area contributed by atoms with Gasteiger partial charge in [-0.1, -0.05) is 0 Å². The Kier molecular flexibility index (Phi) is 3.74. The molecular formula is C16H18N2O2. The highest BCUT2D eigenvalue weighted by Gasteiger charge is 2.04. The third kappa shape index (κ3) is 2.79. The lowest BCUT2D eigenvalue weighted by molar-refractivity contribution is 0.466. The summed E-state index contributed by atoms with van der Waals surface area (Å²) in [7, 11) is 0. The molecule has 4 heteroatoms. The van der Waals surface area contributed by atoms with E-state index in [1.54, 1.807) is 24.3 Å². The second-order valence-electron chi connectivity index (χ2n) is 5.06. The first-order chi connectivity index (χ1) is 9.38. The van der Waals surface area contributed by atoms with Crippen LogP contribution in [0.2, 0.25) is 0 Å². The number of benzene rings is 2. The fraction of sp³-hybridized carbons (Fsp3) is 0.250. The molecule has 0 atom stereocenters. The Morgan fingerprint density at radius 2 is 0.850 bits per heavy atom. The predicted molar refractivity (Wildman–Crippen MR) is 79.3 cm³/mol. The van der Waals surface area contributed by atoms with Crippen LogP contribution >= 0.6 is 0 Å². The second-order valence-corrected chi connectivity index (χ2v) is 5.06. The highest BCUT2D eigenvalue weighted by molar-refractivity contribution is 5.53. The van der Waals surface area contributed by atoms with Gasteiger partial charge in [-0.3, -0.25) is 0 Å². The van der Waals surface area contributed by atoms with Gasteiger partial charge in [0.25, 0.3) is 0 Å². The quantitative estimate of drug-likeness (QED) is 0.773. The molecule has 2 N–H and O–H groups in total. The van der Waals surface area contributed by atoms with Gasteiger partial charge in [-0.15, -0.1) is 0 Å². The van der Waals surface area contributed by atoms with E-state index in [1.807, 2.05) is 27.7 Å². The van der Waals surface area contributed by atoms with Gasteiger partial charge in [0.2, 0.25) is 0 Å². The number of hydrogen-bond donors (Lipinski definition) is 2. The Labute approximate surface area is 118 Å². The number of phenols is 2. The standard InChI is InChI=1S/C16H18N2O2/c1-9-5-13(6-10(2)15(9)19)17-18-14-7-11(3)16(20)12(4)8-14/h5-8,19-20H,1-4H3/b18-17+. The average Bonchev–Trinajstić information content (AvgIpc) is 2.39. The second kappa shape index (κ2) is 5.33. The van der Waals surface area contributed by atoms with Gasteiger partial charge >= 0.3 is 0 Å². The van der Waals surface area contributed by atoms with E-state index in [-0.39, 0.29) is 0 Å². The molecule has 0 amide bonds. The lowest BCUT2D eigenvalue weighted by atomic mass is 10.1. The van der Waals surface area contributed by atoms with Gasteiger partial charge in [0.05, 0.1) is 11.4 Å². The van der Waals surface area contributed by atoms with Crippen LogP contribution in [0.1, 0.15) is 22.3 Å². The molecule has 2 aromatic carbocycles. The van der Waals surface area contributed by atoms with Crippen LogP contribution in [0, 0.1) is 27.7 Å². The highest BCUT2D eigenvalue weighted by atomic mass is 16.3. The highest BCUT2D eigenvalue weighted by Crippen LogP contribution is 2.30. The van der Waals surface area contributed by atoms with Crippen molar-refractivity contribution >= 4 is 11.4 Å². The van der Waals surface area contributed by atoms with Crippen LogP contribution in [-0.2, 0) is 0 Å². The summed E-state index contributed by atoms with van der Waals surface area (Å²) in [5, 5.41) is 27.8. The van der Waals surface area contributed by atoms with E-state index in [4.69, 9.17) is 0 Å². The number of azo groups is 1. The first-order valence-electron chi connectivity index (χ1n) is 6.40. The van der Waals surface area contributed by atoms with E-state index < -0.39 is 0 Å². The molecule has 0 bridgehead atoms. The maximum Gasteiger partial charge on any atom is 0.121 e. The molecule has 0 aromatic heterocycles. The van der Waals surface area contributed by atoms with E-state index in [0.717, 1.165) is 22.3 Å². The smallest absolute Gasteiger partial charge is 0.121 e. The van der Waals surface area contributed by atoms with Gasteiger partial charge < -0.3 is 10.2 Å². The van der Waals surface area contributed by atoms with E-state index in [0.29, 0.717) is 22.9 Å². The molecule has 0 unspecified atom stereocenters. The van der Waals surface area contributed by atoms with Crippen LogP contribution in [0.5, 0.6) is 11.5 Å². The average molecular weight is 270 g/mol. The summed E-state index contributed by atoms with van der Waals surface area (Å²) in [6.07, 6.45) is 0. The van der Waals surface area contributed by atoms with Crippen LogP contribution in [0.3, 0.4) is 0 Å². The van der Waals surface area contributed by atoms with E-state index in [1.165, 1.54) is 0 Å². The molecule has 0 fully saturated rings. The first kappa shape index (κ1) is 14.1. The summed E-state index contributed by atoms with van der Waals surface area (Å²) in [6.45, 7) is 7.32. The van der Waals surface area contributed by atoms with Crippen molar-refractivity contribution in [2.45, 2.75) is 27.7 Å². The lowest BCUT2D eigenvalue weighted by Crippen LogP contribution is -1.80. The molecule has 0 aliphatic rings. The molecule has 4 nitrogen and oxygen atoms in total. The van der Waals surface area contributed by atoms with Crippen molar-refractivity contribution in [3.8, 4) is 11.5 Å². The molecule has 0 radical (unpaired) electrons. The number of nitrogens with zero attached hydrogens (tertiary/aromatic N) is 2. The summed E-state index contributed by atoms with van der Waals surface area (Å²) in [5.41, 5.74) is 4.49. The molecule has 2 aromatic rings. The molecule has 0 saturated carbocycles. The Bertz CT molecular complexity index is 585. The SMILES string of the molecule is Cc1cc(/N=N/c2cc(C)c(O)c(C)c2)cc(C)c1O. The monoisotopic (exact) mass is 270 g/mol. The van der Waals surface area contributed by atoms with Crippen LogP contribution in [0.4, 0.5) is 11.4 Å². The van der Waals surface area contributed by atoms with Crippen molar-refractivity contribution in [3.63, 3.8) is 0 Å². The molecular weight excluding hydrogens is 252 g/mol.